The van der Waals surface area contributed by atoms with Gasteiger partial charge in [-0.15, -0.1) is 0 Å². The normalized spacial score (nSPS) is 13.1. The molecule has 30 heavy (non-hydrogen) atoms. The molecular formula is C19H17FN4O6. The molecule has 0 saturated carbocycles. The van der Waals surface area contributed by atoms with Crippen LogP contribution < -0.4 is 20.3 Å². The molecule has 2 N–H and O–H groups in total. The fourth-order valence-electron chi connectivity index (χ4n) is 2.99. The molecule has 0 aliphatic carbocycles. The first kappa shape index (κ1) is 20.7. The molecule has 1 aliphatic rings. The topological polar surface area (TPSA) is 131 Å². The van der Waals surface area contributed by atoms with Crippen LogP contribution in [-0.4, -0.2) is 36.3 Å². The Morgan fingerprint density at radius 1 is 1.13 bits per heavy atom. The summed E-state index contributed by atoms with van der Waals surface area (Å²) in [6, 6.07) is 7.28. The quantitative estimate of drug-likeness (QED) is 0.437. The highest BCUT2D eigenvalue weighted by atomic mass is 19.1. The standard InChI is InChI=1S/C19H17FN4O6/c1-30-16-7-5-12(10-15(16)23-8-2-3-17(23)25)22-19(27)18(26)21-11-4-6-13(20)14(9-11)24(28)29/h4-7,9-10H,2-3,8H2,1H3,(H,21,26)(H,22,27). The molecule has 2 aromatic carbocycles. The maximum Gasteiger partial charge on any atom is 0.314 e. The third-order valence-electron chi connectivity index (χ3n) is 4.41. The Morgan fingerprint density at radius 3 is 2.33 bits per heavy atom. The molecule has 11 heteroatoms. The van der Waals surface area contributed by atoms with Gasteiger partial charge in [0.15, 0.2) is 0 Å². The summed E-state index contributed by atoms with van der Waals surface area (Å²) >= 11 is 0. The third-order valence-corrected chi connectivity index (χ3v) is 4.41. The second-order valence-corrected chi connectivity index (χ2v) is 6.37. The number of hydrogen-bond donors (Lipinski definition) is 2. The summed E-state index contributed by atoms with van der Waals surface area (Å²) in [5.74, 6) is -2.86. The Hall–Kier alpha value is -4.02. The van der Waals surface area contributed by atoms with E-state index >= 15 is 0 Å². The zero-order valence-corrected chi connectivity index (χ0v) is 15.8. The Balaban J connectivity index is 1.74. The van der Waals surface area contributed by atoms with Gasteiger partial charge in [0.05, 0.1) is 17.7 Å². The molecule has 0 atom stereocenters. The van der Waals surface area contributed by atoms with Crippen LogP contribution in [0.4, 0.5) is 27.1 Å². The van der Waals surface area contributed by atoms with Crippen LogP contribution in [0.5, 0.6) is 5.75 Å². The number of carbonyl (C=O) groups is 3. The Morgan fingerprint density at radius 2 is 1.77 bits per heavy atom. The van der Waals surface area contributed by atoms with Gasteiger partial charge in [0.1, 0.15) is 5.75 Å². The minimum absolute atomic E-state index is 0.0765. The molecule has 0 unspecified atom stereocenters. The van der Waals surface area contributed by atoms with Crippen LogP contribution in [0.25, 0.3) is 0 Å². The van der Waals surface area contributed by atoms with Gasteiger partial charge >= 0.3 is 17.5 Å². The molecule has 0 radical (unpaired) electrons. The number of nitrogens with zero attached hydrogens (tertiary/aromatic N) is 2. The largest absolute Gasteiger partial charge is 0.495 e. The molecule has 3 rings (SSSR count). The van der Waals surface area contributed by atoms with Gasteiger partial charge in [0.25, 0.3) is 0 Å². The van der Waals surface area contributed by atoms with Crippen LogP contribution in [-0.2, 0) is 14.4 Å². The summed E-state index contributed by atoms with van der Waals surface area (Å²) in [5, 5.41) is 15.3. The van der Waals surface area contributed by atoms with Gasteiger partial charge in [-0.2, -0.15) is 4.39 Å². The van der Waals surface area contributed by atoms with Crippen molar-refractivity contribution in [3.63, 3.8) is 0 Å². The monoisotopic (exact) mass is 416 g/mol. The van der Waals surface area contributed by atoms with Crippen molar-refractivity contribution in [1.82, 2.24) is 0 Å². The number of amides is 3. The Bertz CT molecular complexity index is 1040. The summed E-state index contributed by atoms with van der Waals surface area (Å²) in [7, 11) is 1.45. The highest BCUT2D eigenvalue weighted by Gasteiger charge is 2.25. The fourth-order valence-corrected chi connectivity index (χ4v) is 2.99. The van der Waals surface area contributed by atoms with Crippen molar-refractivity contribution in [2.24, 2.45) is 0 Å². The maximum absolute atomic E-state index is 13.4. The number of nitro benzene ring substituents is 1. The van der Waals surface area contributed by atoms with E-state index in [0.29, 0.717) is 30.8 Å². The summed E-state index contributed by atoms with van der Waals surface area (Å²) in [6.45, 7) is 0.510. The van der Waals surface area contributed by atoms with Crippen molar-refractivity contribution < 1.29 is 28.4 Å². The number of carbonyl (C=O) groups excluding carboxylic acids is 3. The molecule has 10 nitrogen and oxygen atoms in total. The smallest absolute Gasteiger partial charge is 0.314 e. The Labute approximate surface area is 169 Å². The van der Waals surface area contributed by atoms with Crippen LogP contribution in [0.1, 0.15) is 12.8 Å². The van der Waals surface area contributed by atoms with Gasteiger partial charge in [0, 0.05) is 30.4 Å². The zero-order chi connectivity index (χ0) is 21.8. The van der Waals surface area contributed by atoms with E-state index in [1.807, 2.05) is 0 Å². The van der Waals surface area contributed by atoms with E-state index in [2.05, 4.69) is 10.6 Å². The molecule has 2 aromatic rings. The molecule has 3 amide bonds. The number of nitrogens with one attached hydrogen (secondary N) is 2. The maximum atomic E-state index is 13.4. The van der Waals surface area contributed by atoms with E-state index in [1.54, 1.807) is 6.07 Å². The highest BCUT2D eigenvalue weighted by Crippen LogP contribution is 2.34. The minimum atomic E-state index is -1.11. The number of ether oxygens (including phenoxy) is 1. The van der Waals surface area contributed by atoms with E-state index in [9.17, 15) is 28.9 Å². The predicted octanol–water partition coefficient (Wildman–Crippen LogP) is 2.45. The lowest BCUT2D eigenvalue weighted by atomic mass is 10.2. The number of hydrogen-bond acceptors (Lipinski definition) is 6. The molecule has 0 spiro atoms. The van der Waals surface area contributed by atoms with Gasteiger partial charge in [-0.1, -0.05) is 0 Å². The fraction of sp³-hybridized carbons (Fsp3) is 0.211. The van der Waals surface area contributed by atoms with Gasteiger partial charge in [-0.3, -0.25) is 24.5 Å². The summed E-state index contributed by atoms with van der Waals surface area (Å²) in [6.07, 6.45) is 1.11. The first-order valence-electron chi connectivity index (χ1n) is 8.85. The third kappa shape index (κ3) is 4.35. The van der Waals surface area contributed by atoms with Gasteiger partial charge in [0.2, 0.25) is 11.7 Å². The average Bonchev–Trinajstić information content (AvgIpc) is 3.14. The van der Waals surface area contributed by atoms with Gasteiger partial charge in [-0.25, -0.2) is 0 Å². The molecule has 1 heterocycles. The molecule has 0 bridgehead atoms. The first-order valence-corrected chi connectivity index (χ1v) is 8.85. The average molecular weight is 416 g/mol. The molecular weight excluding hydrogens is 399 g/mol. The zero-order valence-electron chi connectivity index (χ0n) is 15.8. The van der Waals surface area contributed by atoms with Crippen molar-refractivity contribution >= 4 is 40.5 Å². The van der Waals surface area contributed by atoms with Crippen LogP contribution in [0, 0.1) is 15.9 Å². The van der Waals surface area contributed by atoms with Crippen LogP contribution in [0.15, 0.2) is 36.4 Å². The SMILES string of the molecule is COc1ccc(NC(=O)C(=O)Nc2ccc(F)c([N+](=O)[O-])c2)cc1N1CCCC1=O. The van der Waals surface area contributed by atoms with Crippen molar-refractivity contribution in [1.29, 1.82) is 0 Å². The number of benzene rings is 2. The minimum Gasteiger partial charge on any atom is -0.495 e. The number of nitro groups is 1. The van der Waals surface area contributed by atoms with Gasteiger partial charge < -0.3 is 20.3 Å². The second kappa shape index (κ2) is 8.55. The van der Waals surface area contributed by atoms with E-state index in [-0.39, 0.29) is 17.3 Å². The van der Waals surface area contributed by atoms with Gasteiger partial charge in [-0.05, 0) is 36.8 Å². The highest BCUT2D eigenvalue weighted by molar-refractivity contribution is 6.43. The number of methoxy groups -OCH3 is 1. The molecule has 1 aliphatic heterocycles. The lowest BCUT2D eigenvalue weighted by molar-refractivity contribution is -0.387. The second-order valence-electron chi connectivity index (χ2n) is 6.37. The summed E-state index contributed by atoms with van der Waals surface area (Å²) in [4.78, 5) is 47.7. The van der Waals surface area contributed by atoms with Crippen LogP contribution in [0.2, 0.25) is 0 Å². The van der Waals surface area contributed by atoms with Crippen LogP contribution in [0.3, 0.4) is 0 Å². The van der Waals surface area contributed by atoms with Crippen molar-refractivity contribution in [2.75, 3.05) is 29.2 Å². The summed E-state index contributed by atoms with van der Waals surface area (Å²) in [5.41, 5.74) is -0.229. The predicted molar refractivity (Wildman–Crippen MR) is 105 cm³/mol. The first-order chi connectivity index (χ1) is 14.3. The Kier molecular flexibility index (Phi) is 5.90. The van der Waals surface area contributed by atoms with E-state index in [0.717, 1.165) is 18.2 Å². The number of rotatable bonds is 5. The van der Waals surface area contributed by atoms with E-state index in [4.69, 9.17) is 4.74 Å². The van der Waals surface area contributed by atoms with E-state index in [1.165, 1.54) is 24.1 Å². The van der Waals surface area contributed by atoms with Crippen LogP contribution >= 0.6 is 0 Å². The number of halogens is 1. The summed E-state index contributed by atoms with van der Waals surface area (Å²) < 4.78 is 18.6. The van der Waals surface area contributed by atoms with Crippen molar-refractivity contribution in [2.45, 2.75) is 12.8 Å². The lowest BCUT2D eigenvalue weighted by Gasteiger charge is -2.20. The molecule has 0 aromatic heterocycles. The van der Waals surface area contributed by atoms with E-state index < -0.39 is 28.2 Å². The van der Waals surface area contributed by atoms with Crippen molar-refractivity contribution in [3.8, 4) is 5.75 Å². The number of anilines is 3. The molecule has 1 fully saturated rings. The molecule has 1 saturated heterocycles. The lowest BCUT2D eigenvalue weighted by Crippen LogP contribution is -2.29. The van der Waals surface area contributed by atoms with Crippen molar-refractivity contribution in [3.05, 3.63) is 52.3 Å². The molecule has 156 valence electrons.